The standard InChI is InChI=1S/C19H22N2O5/c1-19(10-25-2,18(23)24)21-17(22)14-9-16(11-4-5-11)20-15-7-6-12(26-3)8-13(14)15/h6-9,11H,4-5,10H2,1-3H3,(H,21,22)(H,23,24). The first-order valence-electron chi connectivity index (χ1n) is 8.41. The van der Waals surface area contributed by atoms with Crippen LogP contribution in [0.3, 0.4) is 0 Å². The molecule has 1 aromatic heterocycles. The van der Waals surface area contributed by atoms with Gasteiger partial charge < -0.3 is 19.9 Å². The molecule has 1 heterocycles. The van der Waals surface area contributed by atoms with Crippen molar-refractivity contribution in [1.82, 2.24) is 10.3 Å². The van der Waals surface area contributed by atoms with Crippen LogP contribution in [0.15, 0.2) is 24.3 Å². The van der Waals surface area contributed by atoms with Crippen molar-refractivity contribution in [3.63, 3.8) is 0 Å². The van der Waals surface area contributed by atoms with Gasteiger partial charge in [-0.3, -0.25) is 9.78 Å². The van der Waals surface area contributed by atoms with Crippen molar-refractivity contribution >= 4 is 22.8 Å². The molecule has 0 spiro atoms. The number of amides is 1. The topological polar surface area (TPSA) is 97.8 Å². The average Bonchev–Trinajstić information content (AvgIpc) is 3.45. The smallest absolute Gasteiger partial charge is 0.331 e. The third-order valence-corrected chi connectivity index (χ3v) is 4.57. The van der Waals surface area contributed by atoms with Crippen LogP contribution in [0.2, 0.25) is 0 Å². The van der Waals surface area contributed by atoms with Crippen molar-refractivity contribution in [3.8, 4) is 5.75 Å². The minimum Gasteiger partial charge on any atom is -0.497 e. The highest BCUT2D eigenvalue weighted by atomic mass is 16.5. The Labute approximate surface area is 151 Å². The van der Waals surface area contributed by atoms with E-state index in [1.54, 1.807) is 25.3 Å². The van der Waals surface area contributed by atoms with Gasteiger partial charge in [0.1, 0.15) is 5.75 Å². The van der Waals surface area contributed by atoms with E-state index >= 15 is 0 Å². The van der Waals surface area contributed by atoms with E-state index in [9.17, 15) is 14.7 Å². The summed E-state index contributed by atoms with van der Waals surface area (Å²) in [4.78, 5) is 29.2. The summed E-state index contributed by atoms with van der Waals surface area (Å²) in [5, 5.41) is 12.7. The Bertz CT molecular complexity index is 862. The normalized spacial score (nSPS) is 16.1. The number of benzene rings is 1. The lowest BCUT2D eigenvalue weighted by molar-refractivity contribution is -0.145. The molecule has 1 aliphatic rings. The lowest BCUT2D eigenvalue weighted by Gasteiger charge is -2.25. The van der Waals surface area contributed by atoms with Gasteiger partial charge in [-0.25, -0.2) is 4.79 Å². The lowest BCUT2D eigenvalue weighted by atomic mass is 10.0. The van der Waals surface area contributed by atoms with Crippen molar-refractivity contribution in [3.05, 3.63) is 35.5 Å². The largest absolute Gasteiger partial charge is 0.497 e. The number of ether oxygens (including phenoxy) is 2. The number of nitrogens with zero attached hydrogens (tertiary/aromatic N) is 1. The van der Waals surface area contributed by atoms with Crippen LogP contribution in [0.1, 0.15) is 41.7 Å². The number of carboxylic acids is 1. The molecule has 3 rings (SSSR count). The maximum atomic E-state index is 12.9. The van der Waals surface area contributed by atoms with E-state index in [0.29, 0.717) is 28.1 Å². The molecule has 1 fully saturated rings. The van der Waals surface area contributed by atoms with Crippen molar-refractivity contribution in [2.24, 2.45) is 0 Å². The van der Waals surface area contributed by atoms with E-state index in [1.165, 1.54) is 14.0 Å². The summed E-state index contributed by atoms with van der Waals surface area (Å²) < 4.78 is 10.2. The Balaban J connectivity index is 2.06. The Hall–Kier alpha value is -2.67. The molecule has 0 aliphatic heterocycles. The number of carbonyl (C=O) groups is 2. The Morgan fingerprint density at radius 2 is 2.04 bits per heavy atom. The number of aliphatic carboxylic acids is 1. The molecular formula is C19H22N2O5. The van der Waals surface area contributed by atoms with Gasteiger partial charge in [-0.15, -0.1) is 0 Å². The second-order valence-electron chi connectivity index (χ2n) is 6.78. The van der Waals surface area contributed by atoms with Gasteiger partial charge in [0.25, 0.3) is 5.91 Å². The number of aromatic nitrogens is 1. The third-order valence-electron chi connectivity index (χ3n) is 4.57. The highest BCUT2D eigenvalue weighted by Gasteiger charge is 2.36. The minimum absolute atomic E-state index is 0.143. The Morgan fingerprint density at radius 1 is 1.31 bits per heavy atom. The molecule has 1 aromatic carbocycles. The van der Waals surface area contributed by atoms with Crippen LogP contribution >= 0.6 is 0 Å². The summed E-state index contributed by atoms with van der Waals surface area (Å²) in [5.74, 6) is -0.677. The average molecular weight is 358 g/mol. The number of rotatable bonds is 7. The molecule has 1 atom stereocenters. The molecule has 7 nitrogen and oxygen atoms in total. The van der Waals surface area contributed by atoms with E-state index < -0.39 is 17.4 Å². The summed E-state index contributed by atoms with van der Waals surface area (Å²) in [6.45, 7) is 1.28. The second-order valence-corrected chi connectivity index (χ2v) is 6.78. The number of hydrogen-bond acceptors (Lipinski definition) is 5. The van der Waals surface area contributed by atoms with E-state index in [4.69, 9.17) is 9.47 Å². The first-order valence-corrected chi connectivity index (χ1v) is 8.41. The van der Waals surface area contributed by atoms with Crippen LogP contribution in [-0.2, 0) is 9.53 Å². The molecule has 26 heavy (non-hydrogen) atoms. The molecule has 2 aromatic rings. The van der Waals surface area contributed by atoms with Crippen molar-refractivity contribution in [1.29, 1.82) is 0 Å². The van der Waals surface area contributed by atoms with Gasteiger partial charge in [-0.2, -0.15) is 0 Å². The predicted molar refractivity (Wildman–Crippen MR) is 95.7 cm³/mol. The quantitative estimate of drug-likeness (QED) is 0.788. The van der Waals surface area contributed by atoms with Crippen LogP contribution < -0.4 is 10.1 Å². The zero-order valence-electron chi connectivity index (χ0n) is 15.0. The number of carboxylic acid groups (broad SMARTS) is 1. The second kappa shape index (κ2) is 6.92. The number of pyridine rings is 1. The molecule has 0 saturated heterocycles. The van der Waals surface area contributed by atoms with Gasteiger partial charge in [-0.05, 0) is 44.0 Å². The van der Waals surface area contributed by atoms with E-state index in [-0.39, 0.29) is 6.61 Å². The maximum absolute atomic E-state index is 12.9. The lowest BCUT2D eigenvalue weighted by Crippen LogP contribution is -2.55. The van der Waals surface area contributed by atoms with E-state index in [2.05, 4.69) is 10.3 Å². The maximum Gasteiger partial charge on any atom is 0.331 e. The summed E-state index contributed by atoms with van der Waals surface area (Å²) in [6.07, 6.45) is 2.10. The molecular weight excluding hydrogens is 336 g/mol. The number of hydrogen-bond donors (Lipinski definition) is 2. The van der Waals surface area contributed by atoms with Gasteiger partial charge in [0.05, 0.1) is 24.8 Å². The zero-order valence-corrected chi connectivity index (χ0v) is 15.0. The molecule has 1 aliphatic carbocycles. The molecule has 138 valence electrons. The molecule has 0 radical (unpaired) electrons. The minimum atomic E-state index is -1.53. The molecule has 1 saturated carbocycles. The van der Waals surface area contributed by atoms with Crippen LogP contribution in [0.25, 0.3) is 10.9 Å². The highest BCUT2D eigenvalue weighted by molar-refractivity contribution is 6.08. The fourth-order valence-corrected chi connectivity index (χ4v) is 2.89. The number of methoxy groups -OCH3 is 2. The number of fused-ring (bicyclic) bond motifs is 1. The summed E-state index contributed by atoms with van der Waals surface area (Å²) >= 11 is 0. The third kappa shape index (κ3) is 3.48. The van der Waals surface area contributed by atoms with Crippen LogP contribution in [0.4, 0.5) is 0 Å². The predicted octanol–water partition coefficient (Wildman–Crippen LogP) is 2.34. The van der Waals surface area contributed by atoms with Crippen molar-refractivity contribution < 1.29 is 24.2 Å². The molecule has 1 unspecified atom stereocenters. The summed E-state index contributed by atoms with van der Waals surface area (Å²) in [6, 6.07) is 7.09. The van der Waals surface area contributed by atoms with Gasteiger partial charge >= 0.3 is 5.97 Å². The van der Waals surface area contributed by atoms with E-state index in [0.717, 1.165) is 18.5 Å². The molecule has 1 amide bonds. The van der Waals surface area contributed by atoms with Crippen LogP contribution in [0, 0.1) is 0 Å². The van der Waals surface area contributed by atoms with Crippen LogP contribution in [-0.4, -0.2) is 48.3 Å². The first-order chi connectivity index (χ1) is 12.4. The summed E-state index contributed by atoms with van der Waals surface area (Å²) in [5.41, 5.74) is 0.403. The van der Waals surface area contributed by atoms with Gasteiger partial charge in [0, 0.05) is 24.1 Å². The fourth-order valence-electron chi connectivity index (χ4n) is 2.89. The highest BCUT2D eigenvalue weighted by Crippen LogP contribution is 2.40. The van der Waals surface area contributed by atoms with Gasteiger partial charge in [-0.1, -0.05) is 0 Å². The number of nitrogens with one attached hydrogen (secondary N) is 1. The Morgan fingerprint density at radius 3 is 2.62 bits per heavy atom. The van der Waals surface area contributed by atoms with Crippen molar-refractivity contribution in [2.45, 2.75) is 31.2 Å². The Kier molecular flexibility index (Phi) is 4.82. The first kappa shape index (κ1) is 18.1. The number of carbonyl (C=O) groups excluding carboxylic acids is 1. The molecule has 7 heteroatoms. The molecule has 0 bridgehead atoms. The van der Waals surface area contributed by atoms with Gasteiger partial charge in [0.15, 0.2) is 5.54 Å². The SMILES string of the molecule is COCC(C)(NC(=O)c1cc(C2CC2)nc2ccc(OC)cc12)C(=O)O. The zero-order chi connectivity index (χ0) is 18.9. The van der Waals surface area contributed by atoms with Crippen LogP contribution in [0.5, 0.6) is 5.75 Å². The fraction of sp³-hybridized carbons (Fsp3) is 0.421. The molecule has 2 N–H and O–H groups in total. The van der Waals surface area contributed by atoms with E-state index in [1.807, 2.05) is 6.07 Å². The monoisotopic (exact) mass is 358 g/mol. The summed E-state index contributed by atoms with van der Waals surface area (Å²) in [7, 11) is 2.94. The van der Waals surface area contributed by atoms with Gasteiger partial charge in [0.2, 0.25) is 0 Å². The van der Waals surface area contributed by atoms with Crippen molar-refractivity contribution in [2.75, 3.05) is 20.8 Å².